The first-order chi connectivity index (χ1) is 12.6. The Hall–Kier alpha value is -2.70. The molecule has 3 heterocycles. The van der Waals surface area contributed by atoms with Gasteiger partial charge in [-0.3, -0.25) is 19.3 Å². The van der Waals surface area contributed by atoms with Crippen molar-refractivity contribution in [3.8, 4) is 0 Å². The molecule has 2 aromatic heterocycles. The monoisotopic (exact) mass is 355 g/mol. The van der Waals surface area contributed by atoms with E-state index in [1.54, 1.807) is 17.3 Å². The van der Waals surface area contributed by atoms with Gasteiger partial charge in [0.25, 0.3) is 5.91 Å². The maximum atomic E-state index is 13.2. The van der Waals surface area contributed by atoms with E-state index >= 15 is 0 Å². The van der Waals surface area contributed by atoms with Gasteiger partial charge in [-0.2, -0.15) is 5.10 Å². The molecular weight excluding hydrogens is 330 g/mol. The smallest absolute Gasteiger partial charge is 0.257 e. The van der Waals surface area contributed by atoms with E-state index in [9.17, 15) is 9.59 Å². The van der Waals surface area contributed by atoms with E-state index in [1.165, 1.54) is 0 Å². The van der Waals surface area contributed by atoms with Crippen molar-refractivity contribution in [3.63, 3.8) is 0 Å². The van der Waals surface area contributed by atoms with E-state index in [1.807, 2.05) is 29.9 Å². The maximum absolute atomic E-state index is 13.2. The van der Waals surface area contributed by atoms with Gasteiger partial charge in [-0.25, -0.2) is 0 Å². The Balaban J connectivity index is 1.81. The van der Waals surface area contributed by atoms with Crippen molar-refractivity contribution < 1.29 is 9.59 Å². The average Bonchev–Trinajstić information content (AvgIpc) is 3.20. The van der Waals surface area contributed by atoms with Gasteiger partial charge < -0.3 is 10.2 Å². The minimum atomic E-state index is -0.0603. The number of hydrogen-bond donors (Lipinski definition) is 1. The van der Waals surface area contributed by atoms with Gasteiger partial charge in [-0.05, 0) is 31.4 Å². The highest BCUT2D eigenvalue weighted by molar-refractivity contribution is 5.95. The van der Waals surface area contributed by atoms with Gasteiger partial charge in [0.1, 0.15) is 0 Å². The lowest BCUT2D eigenvalue weighted by Gasteiger charge is -2.25. The molecule has 0 aromatic carbocycles. The summed E-state index contributed by atoms with van der Waals surface area (Å²) in [7, 11) is 0. The van der Waals surface area contributed by atoms with Gasteiger partial charge in [-0.1, -0.05) is 13.0 Å². The highest BCUT2D eigenvalue weighted by atomic mass is 16.2. The molecule has 1 saturated heterocycles. The van der Waals surface area contributed by atoms with Gasteiger partial charge in [0, 0.05) is 50.7 Å². The fourth-order valence-corrected chi connectivity index (χ4v) is 3.25. The van der Waals surface area contributed by atoms with E-state index < -0.39 is 0 Å². The topological polar surface area (TPSA) is 80.1 Å². The van der Waals surface area contributed by atoms with E-state index in [2.05, 4.69) is 22.3 Å². The summed E-state index contributed by atoms with van der Waals surface area (Å²) in [6, 6.07) is 3.81. The number of rotatable bonds is 7. The molecule has 1 N–H and O–H groups in total. The highest BCUT2D eigenvalue weighted by Gasteiger charge is 2.27. The summed E-state index contributed by atoms with van der Waals surface area (Å²) in [5, 5.41) is 7.39. The van der Waals surface area contributed by atoms with Gasteiger partial charge in [0.2, 0.25) is 5.91 Å². The largest absolute Gasteiger partial charge is 0.352 e. The molecule has 0 aliphatic carbocycles. The number of nitrogens with one attached hydrogen (secondary N) is 1. The van der Waals surface area contributed by atoms with Crippen molar-refractivity contribution in [1.29, 1.82) is 0 Å². The fraction of sp³-hybridized carbons (Fsp3) is 0.474. The lowest BCUT2D eigenvalue weighted by molar-refractivity contribution is -0.119. The molecule has 7 nitrogen and oxygen atoms in total. The number of nitrogens with zero attached hydrogens (tertiary/aromatic N) is 4. The van der Waals surface area contributed by atoms with E-state index in [4.69, 9.17) is 0 Å². The highest BCUT2D eigenvalue weighted by Crippen LogP contribution is 2.16. The first-order valence-electron chi connectivity index (χ1n) is 9.08. The minimum Gasteiger partial charge on any atom is -0.352 e. The number of amides is 2. The lowest BCUT2D eigenvalue weighted by atomic mass is 10.1. The Kier molecular flexibility index (Phi) is 5.65. The lowest BCUT2D eigenvalue weighted by Crippen LogP contribution is -2.41. The van der Waals surface area contributed by atoms with Crippen LogP contribution in [0.25, 0.3) is 0 Å². The third-order valence-corrected chi connectivity index (χ3v) is 4.54. The number of hydrogen-bond acceptors (Lipinski definition) is 4. The fourth-order valence-electron chi connectivity index (χ4n) is 3.25. The zero-order valence-corrected chi connectivity index (χ0v) is 15.3. The predicted octanol–water partition coefficient (Wildman–Crippen LogP) is 1.92. The van der Waals surface area contributed by atoms with Crippen LogP contribution in [0.15, 0.2) is 30.7 Å². The first-order valence-corrected chi connectivity index (χ1v) is 9.08. The third-order valence-electron chi connectivity index (χ3n) is 4.54. The zero-order chi connectivity index (χ0) is 18.5. The van der Waals surface area contributed by atoms with Gasteiger partial charge in [0.05, 0.1) is 11.3 Å². The molecule has 0 radical (unpaired) electrons. The Morgan fingerprint density at radius 2 is 2.31 bits per heavy atom. The van der Waals surface area contributed by atoms with Gasteiger partial charge in [-0.15, -0.1) is 0 Å². The van der Waals surface area contributed by atoms with Crippen molar-refractivity contribution in [2.24, 2.45) is 0 Å². The van der Waals surface area contributed by atoms with E-state index in [0.29, 0.717) is 25.1 Å². The molecule has 1 fully saturated rings. The Morgan fingerprint density at radius 1 is 1.46 bits per heavy atom. The van der Waals surface area contributed by atoms with Crippen LogP contribution < -0.4 is 5.32 Å². The minimum absolute atomic E-state index is 0.00545. The standard InChI is InChI=1S/C19H25N5O2/c1-3-9-24-13-17(14(2)22-24)19(26)23(11-15-5-4-8-20-10-15)12-16-6-7-18(25)21-16/h4-5,8,10,13,16H,3,6-7,9,11-12H2,1-2H3,(H,21,25)/t16-/m0/s1. The second kappa shape index (κ2) is 8.12. The maximum Gasteiger partial charge on any atom is 0.257 e. The molecule has 3 rings (SSSR count). The Morgan fingerprint density at radius 3 is 2.96 bits per heavy atom. The van der Waals surface area contributed by atoms with Crippen LogP contribution in [0.4, 0.5) is 0 Å². The second-order valence-electron chi connectivity index (χ2n) is 6.74. The quantitative estimate of drug-likeness (QED) is 0.823. The molecule has 138 valence electrons. The molecule has 0 saturated carbocycles. The second-order valence-corrected chi connectivity index (χ2v) is 6.74. The summed E-state index contributed by atoms with van der Waals surface area (Å²) in [6.45, 7) is 5.67. The molecule has 2 aromatic rings. The summed E-state index contributed by atoms with van der Waals surface area (Å²) in [6.07, 6.45) is 7.54. The molecule has 26 heavy (non-hydrogen) atoms. The predicted molar refractivity (Wildman–Crippen MR) is 97.4 cm³/mol. The number of carbonyl (C=O) groups excluding carboxylic acids is 2. The van der Waals surface area contributed by atoms with Crippen molar-refractivity contribution in [2.45, 2.75) is 52.2 Å². The normalized spacial score (nSPS) is 16.5. The summed E-state index contributed by atoms with van der Waals surface area (Å²) in [5.74, 6) is -0.00872. The van der Waals surface area contributed by atoms with E-state index in [-0.39, 0.29) is 17.9 Å². The van der Waals surface area contributed by atoms with Crippen LogP contribution in [0.1, 0.15) is 47.8 Å². The zero-order valence-electron chi connectivity index (χ0n) is 15.3. The van der Waals surface area contributed by atoms with Crippen molar-refractivity contribution >= 4 is 11.8 Å². The third kappa shape index (κ3) is 4.28. The van der Waals surface area contributed by atoms with Crippen molar-refractivity contribution in [3.05, 3.63) is 47.5 Å². The van der Waals surface area contributed by atoms with Gasteiger partial charge >= 0.3 is 0 Å². The van der Waals surface area contributed by atoms with Gasteiger partial charge in [0.15, 0.2) is 0 Å². The molecule has 1 atom stereocenters. The number of aryl methyl sites for hydroxylation is 2. The molecule has 1 aliphatic heterocycles. The summed E-state index contributed by atoms with van der Waals surface area (Å²) < 4.78 is 1.82. The van der Waals surface area contributed by atoms with Crippen molar-refractivity contribution in [2.75, 3.05) is 6.54 Å². The molecule has 7 heteroatoms. The molecule has 0 spiro atoms. The van der Waals surface area contributed by atoms with Crippen LogP contribution in [-0.2, 0) is 17.9 Å². The molecule has 2 amide bonds. The Bertz CT molecular complexity index is 771. The van der Waals surface area contributed by atoms with Crippen LogP contribution in [-0.4, -0.2) is 44.1 Å². The summed E-state index contributed by atoms with van der Waals surface area (Å²) >= 11 is 0. The average molecular weight is 355 g/mol. The first kappa shape index (κ1) is 18.1. The number of pyridine rings is 1. The Labute approximate surface area is 153 Å². The van der Waals surface area contributed by atoms with Crippen LogP contribution >= 0.6 is 0 Å². The van der Waals surface area contributed by atoms with Crippen LogP contribution in [0.2, 0.25) is 0 Å². The SMILES string of the molecule is CCCn1cc(C(=O)N(Cc2cccnc2)C[C@@H]2CCC(=O)N2)c(C)n1. The van der Waals surface area contributed by atoms with Crippen LogP contribution in [0.3, 0.4) is 0 Å². The molecule has 0 unspecified atom stereocenters. The summed E-state index contributed by atoms with van der Waals surface area (Å²) in [4.78, 5) is 30.6. The molecule has 0 bridgehead atoms. The van der Waals surface area contributed by atoms with Crippen LogP contribution in [0.5, 0.6) is 0 Å². The van der Waals surface area contributed by atoms with Crippen LogP contribution in [0, 0.1) is 6.92 Å². The molecule has 1 aliphatic rings. The van der Waals surface area contributed by atoms with Crippen molar-refractivity contribution in [1.82, 2.24) is 25.0 Å². The number of aromatic nitrogens is 3. The number of carbonyl (C=O) groups is 2. The van der Waals surface area contributed by atoms with E-state index in [0.717, 1.165) is 30.6 Å². The molecular formula is C19H25N5O2. The summed E-state index contributed by atoms with van der Waals surface area (Å²) in [5.41, 5.74) is 2.31.